The molecule has 0 aliphatic carbocycles. The van der Waals surface area contributed by atoms with Gasteiger partial charge in [0.15, 0.2) is 0 Å². The lowest BCUT2D eigenvalue weighted by Gasteiger charge is -2.00. The Balaban J connectivity index is 3.11. The minimum Gasteiger partial charge on any atom is -0.466 e. The third kappa shape index (κ3) is 3.25. The van der Waals surface area contributed by atoms with E-state index in [-0.39, 0.29) is 5.82 Å². The maximum Gasteiger partial charge on any atom is 0.331 e. The highest BCUT2D eigenvalue weighted by molar-refractivity contribution is 5.95. The van der Waals surface area contributed by atoms with E-state index in [9.17, 15) is 9.18 Å². The number of allylic oxidation sites excluding steroid dienone is 1. The van der Waals surface area contributed by atoms with Crippen LogP contribution in [0.1, 0.15) is 12.5 Å². The molecule has 0 radical (unpaired) electrons. The molecule has 0 aromatic heterocycles. The Labute approximate surface area is 93.7 Å². The molecule has 0 heterocycles. The summed E-state index contributed by atoms with van der Waals surface area (Å²) in [5.41, 5.74) is 1.19. The van der Waals surface area contributed by atoms with Gasteiger partial charge in [-0.1, -0.05) is 18.1 Å². The summed E-state index contributed by atoms with van der Waals surface area (Å²) in [6.45, 7) is 1.66. The van der Waals surface area contributed by atoms with Gasteiger partial charge in [0, 0.05) is 11.6 Å². The molecule has 0 bridgehead atoms. The van der Waals surface area contributed by atoms with Crippen LogP contribution >= 0.6 is 0 Å². The van der Waals surface area contributed by atoms with E-state index in [1.165, 1.54) is 25.3 Å². The average molecular weight is 218 g/mol. The van der Waals surface area contributed by atoms with Crippen LogP contribution in [0.4, 0.5) is 4.39 Å². The largest absolute Gasteiger partial charge is 0.466 e. The fourth-order valence-electron chi connectivity index (χ4n) is 1.13. The van der Waals surface area contributed by atoms with Gasteiger partial charge in [-0.25, -0.2) is 9.18 Å². The van der Waals surface area contributed by atoms with Gasteiger partial charge in [0.05, 0.1) is 7.11 Å². The Morgan fingerprint density at radius 3 is 2.50 bits per heavy atom. The molecular formula is C13H11FO2. The number of esters is 1. The molecule has 0 aliphatic rings. The number of carbonyl (C=O) groups is 1. The fraction of sp³-hybridized carbons (Fsp3) is 0.154. The van der Waals surface area contributed by atoms with E-state index in [0.717, 1.165) is 0 Å². The molecule has 0 atom stereocenters. The molecule has 0 saturated carbocycles. The van der Waals surface area contributed by atoms with Crippen molar-refractivity contribution in [3.8, 4) is 11.8 Å². The molecule has 2 nitrogen and oxygen atoms in total. The highest BCUT2D eigenvalue weighted by Crippen LogP contribution is 2.14. The second kappa shape index (κ2) is 5.72. The molecule has 0 spiro atoms. The number of hydrogen-bond donors (Lipinski definition) is 0. The molecule has 82 valence electrons. The SMILES string of the molecule is CC#C/C(=C\C(=O)OC)c1ccc(F)cc1. The van der Waals surface area contributed by atoms with Gasteiger partial charge in [-0.15, -0.1) is 5.92 Å². The molecule has 3 heteroatoms. The van der Waals surface area contributed by atoms with Crippen LogP contribution in [0.5, 0.6) is 0 Å². The number of hydrogen-bond acceptors (Lipinski definition) is 2. The van der Waals surface area contributed by atoms with Gasteiger partial charge >= 0.3 is 5.97 Å². The maximum atomic E-state index is 12.7. The molecule has 0 saturated heterocycles. The predicted octanol–water partition coefficient (Wildman–Crippen LogP) is 2.41. The second-order valence-electron chi connectivity index (χ2n) is 2.96. The van der Waals surface area contributed by atoms with Crippen LogP contribution < -0.4 is 0 Å². The van der Waals surface area contributed by atoms with E-state index in [4.69, 9.17) is 0 Å². The van der Waals surface area contributed by atoms with E-state index >= 15 is 0 Å². The number of methoxy groups -OCH3 is 1. The highest BCUT2D eigenvalue weighted by atomic mass is 19.1. The van der Waals surface area contributed by atoms with Gasteiger partial charge in [0.2, 0.25) is 0 Å². The number of ether oxygens (including phenoxy) is 1. The Kier molecular flexibility index (Phi) is 4.28. The third-order valence-corrected chi connectivity index (χ3v) is 1.88. The molecule has 0 N–H and O–H groups in total. The van der Waals surface area contributed by atoms with E-state index in [0.29, 0.717) is 11.1 Å². The van der Waals surface area contributed by atoms with Crippen molar-refractivity contribution in [2.45, 2.75) is 6.92 Å². The molecular weight excluding hydrogens is 207 g/mol. The molecule has 0 fully saturated rings. The van der Waals surface area contributed by atoms with Gasteiger partial charge in [-0.3, -0.25) is 0 Å². The number of benzene rings is 1. The molecule has 0 aliphatic heterocycles. The summed E-state index contributed by atoms with van der Waals surface area (Å²) < 4.78 is 17.2. The topological polar surface area (TPSA) is 26.3 Å². The van der Waals surface area contributed by atoms with E-state index in [1.807, 2.05) is 0 Å². The first-order valence-electron chi connectivity index (χ1n) is 4.65. The lowest BCUT2D eigenvalue weighted by molar-refractivity contribution is -0.134. The van der Waals surface area contributed by atoms with Crippen molar-refractivity contribution in [2.24, 2.45) is 0 Å². The van der Waals surface area contributed by atoms with Crippen molar-refractivity contribution in [3.63, 3.8) is 0 Å². The summed E-state index contributed by atoms with van der Waals surface area (Å²) in [5, 5.41) is 0. The maximum absolute atomic E-state index is 12.7. The van der Waals surface area contributed by atoms with E-state index in [1.54, 1.807) is 19.1 Å². The standard InChI is InChI=1S/C13H11FO2/c1-3-4-11(9-13(15)16-2)10-5-7-12(14)8-6-10/h5-9H,1-2H3/b11-9+. The second-order valence-corrected chi connectivity index (χ2v) is 2.96. The summed E-state index contributed by atoms with van der Waals surface area (Å²) in [7, 11) is 1.29. The van der Waals surface area contributed by atoms with E-state index < -0.39 is 5.97 Å². The number of rotatable bonds is 2. The molecule has 16 heavy (non-hydrogen) atoms. The molecule has 1 rings (SSSR count). The van der Waals surface area contributed by atoms with Crippen molar-refractivity contribution in [2.75, 3.05) is 7.11 Å². The minimum absolute atomic E-state index is 0.328. The van der Waals surface area contributed by atoms with Crippen molar-refractivity contribution >= 4 is 11.5 Å². The Bertz CT molecular complexity index is 461. The van der Waals surface area contributed by atoms with Crippen LogP contribution in [-0.2, 0) is 9.53 Å². The zero-order valence-corrected chi connectivity index (χ0v) is 9.08. The first-order chi connectivity index (χ1) is 7.67. The normalized spacial score (nSPS) is 10.3. The van der Waals surface area contributed by atoms with Crippen molar-refractivity contribution in [3.05, 3.63) is 41.7 Å². The van der Waals surface area contributed by atoms with Crippen molar-refractivity contribution < 1.29 is 13.9 Å². The Morgan fingerprint density at radius 1 is 1.38 bits per heavy atom. The summed E-state index contributed by atoms with van der Waals surface area (Å²) >= 11 is 0. The summed E-state index contributed by atoms with van der Waals surface area (Å²) in [5.74, 6) is 4.65. The van der Waals surface area contributed by atoms with Crippen molar-refractivity contribution in [1.82, 2.24) is 0 Å². The van der Waals surface area contributed by atoms with E-state index in [2.05, 4.69) is 16.6 Å². The van der Waals surface area contributed by atoms with Gasteiger partial charge in [0.1, 0.15) is 5.82 Å². The number of carbonyl (C=O) groups excluding carboxylic acids is 1. The molecule has 1 aromatic carbocycles. The zero-order valence-electron chi connectivity index (χ0n) is 9.08. The summed E-state index contributed by atoms with van der Waals surface area (Å²) in [6.07, 6.45) is 1.28. The quantitative estimate of drug-likeness (QED) is 0.433. The zero-order chi connectivity index (χ0) is 12.0. The van der Waals surface area contributed by atoms with Crippen molar-refractivity contribution in [1.29, 1.82) is 0 Å². The van der Waals surface area contributed by atoms with Gasteiger partial charge in [0.25, 0.3) is 0 Å². The van der Waals surface area contributed by atoms with Crippen LogP contribution in [0.2, 0.25) is 0 Å². The van der Waals surface area contributed by atoms with Gasteiger partial charge in [-0.2, -0.15) is 0 Å². The predicted molar refractivity (Wildman–Crippen MR) is 59.8 cm³/mol. The average Bonchev–Trinajstić information content (AvgIpc) is 2.29. The number of halogens is 1. The van der Waals surface area contributed by atoms with Crippen LogP contribution in [0.25, 0.3) is 5.57 Å². The van der Waals surface area contributed by atoms with Crippen LogP contribution in [0, 0.1) is 17.7 Å². The third-order valence-electron chi connectivity index (χ3n) is 1.88. The van der Waals surface area contributed by atoms with Gasteiger partial charge in [-0.05, 0) is 24.6 Å². The van der Waals surface area contributed by atoms with Crippen LogP contribution in [0.3, 0.4) is 0 Å². The van der Waals surface area contributed by atoms with Gasteiger partial charge < -0.3 is 4.74 Å². The fourth-order valence-corrected chi connectivity index (χ4v) is 1.13. The monoisotopic (exact) mass is 218 g/mol. The summed E-state index contributed by atoms with van der Waals surface area (Å²) in [6, 6.07) is 5.76. The minimum atomic E-state index is -0.484. The Hall–Kier alpha value is -2.08. The highest BCUT2D eigenvalue weighted by Gasteiger charge is 2.02. The summed E-state index contributed by atoms with van der Waals surface area (Å²) in [4.78, 5) is 11.1. The lowest BCUT2D eigenvalue weighted by atomic mass is 10.1. The first kappa shape index (κ1) is 12.0. The molecule has 0 amide bonds. The first-order valence-corrected chi connectivity index (χ1v) is 4.65. The molecule has 0 unspecified atom stereocenters. The smallest absolute Gasteiger partial charge is 0.331 e. The Morgan fingerprint density at radius 2 is 2.00 bits per heavy atom. The van der Waals surface area contributed by atoms with Crippen LogP contribution in [0.15, 0.2) is 30.3 Å². The molecule has 1 aromatic rings. The van der Waals surface area contributed by atoms with Crippen LogP contribution in [-0.4, -0.2) is 13.1 Å². The lowest BCUT2D eigenvalue weighted by Crippen LogP contribution is -1.96.